The molecule has 0 saturated carbocycles. The lowest BCUT2D eigenvalue weighted by Crippen LogP contribution is -2.57. The highest BCUT2D eigenvalue weighted by molar-refractivity contribution is 5.99. The fourth-order valence-electron chi connectivity index (χ4n) is 4.97. The molecule has 1 aliphatic rings. The number of likely N-dealkylation sites (N-methyl/N-ethyl adjacent to an activating group) is 1. The van der Waals surface area contributed by atoms with Crippen LogP contribution in [0.1, 0.15) is 37.0 Å². The molecular formula is C30H33N7O4. The van der Waals surface area contributed by atoms with Crippen molar-refractivity contribution in [3.05, 3.63) is 54.0 Å². The zero-order chi connectivity index (χ0) is 28.9. The van der Waals surface area contributed by atoms with Crippen molar-refractivity contribution in [3.63, 3.8) is 0 Å². The molecule has 6 rings (SSSR count). The zero-order valence-electron chi connectivity index (χ0n) is 24.0. The van der Waals surface area contributed by atoms with Crippen LogP contribution in [0.2, 0.25) is 0 Å². The van der Waals surface area contributed by atoms with Crippen molar-refractivity contribution in [3.8, 4) is 22.8 Å². The normalized spacial score (nSPS) is 14.3. The first kappa shape index (κ1) is 26.6. The molecule has 3 N–H and O–H groups in total. The number of carbonyl (C=O) groups excluding carboxylic acids is 1. The number of H-pyrrole nitrogens is 1. The van der Waals surface area contributed by atoms with Gasteiger partial charge in [0.15, 0.2) is 11.5 Å². The van der Waals surface area contributed by atoms with Crippen LogP contribution in [-0.4, -0.2) is 69.6 Å². The summed E-state index contributed by atoms with van der Waals surface area (Å²) in [6.07, 6.45) is 1.89. The molecule has 1 amide bonds. The van der Waals surface area contributed by atoms with E-state index in [2.05, 4.69) is 25.5 Å². The first-order valence-electron chi connectivity index (χ1n) is 13.5. The van der Waals surface area contributed by atoms with E-state index in [1.807, 2.05) is 59.1 Å². The van der Waals surface area contributed by atoms with Gasteiger partial charge in [0.25, 0.3) is 5.91 Å². The molecule has 1 saturated heterocycles. The predicted octanol–water partition coefficient (Wildman–Crippen LogP) is 5.05. The van der Waals surface area contributed by atoms with Gasteiger partial charge < -0.3 is 34.4 Å². The van der Waals surface area contributed by atoms with Gasteiger partial charge in [-0.05, 0) is 63.7 Å². The summed E-state index contributed by atoms with van der Waals surface area (Å²) >= 11 is 0. The Hall–Kier alpha value is -4.64. The van der Waals surface area contributed by atoms with Crippen molar-refractivity contribution in [2.24, 2.45) is 0 Å². The van der Waals surface area contributed by atoms with Crippen LogP contribution in [0.5, 0.6) is 11.6 Å². The van der Waals surface area contributed by atoms with Crippen LogP contribution in [0.25, 0.3) is 33.3 Å². The van der Waals surface area contributed by atoms with Gasteiger partial charge in [0.05, 0.1) is 24.2 Å². The minimum atomic E-state index is -0.513. The molecule has 0 unspecified atom stereocenters. The third kappa shape index (κ3) is 5.40. The Morgan fingerprint density at radius 3 is 2.66 bits per heavy atom. The number of carbonyl (C=O) groups is 1. The Morgan fingerprint density at radius 1 is 1.12 bits per heavy atom. The van der Waals surface area contributed by atoms with Gasteiger partial charge in [-0.1, -0.05) is 6.07 Å². The topological polar surface area (TPSA) is 130 Å². The second kappa shape index (κ2) is 10.1. The minimum Gasteiger partial charge on any atom is -0.495 e. The number of aromatic nitrogens is 4. The van der Waals surface area contributed by atoms with Crippen LogP contribution in [0, 0.1) is 6.92 Å². The highest BCUT2D eigenvalue weighted by Crippen LogP contribution is 2.38. The van der Waals surface area contributed by atoms with Gasteiger partial charge in [-0.3, -0.25) is 4.79 Å². The van der Waals surface area contributed by atoms with E-state index in [4.69, 9.17) is 23.9 Å². The molecule has 11 heteroatoms. The largest absolute Gasteiger partial charge is 0.495 e. The van der Waals surface area contributed by atoms with Crippen molar-refractivity contribution in [1.29, 1.82) is 0 Å². The number of fused-ring (bicyclic) bond motifs is 2. The molecule has 212 valence electrons. The highest BCUT2D eigenvalue weighted by atomic mass is 16.5. The molecule has 0 bridgehead atoms. The molecule has 0 atom stereocenters. The van der Waals surface area contributed by atoms with Gasteiger partial charge in [-0.15, -0.1) is 0 Å². The summed E-state index contributed by atoms with van der Waals surface area (Å²) in [6, 6.07) is 11.3. The van der Waals surface area contributed by atoms with Crippen molar-refractivity contribution < 1.29 is 18.7 Å². The SMILES string of the molecule is COc1cc(C(=O)NC2CN(C)C2)ccc1Nc1nc(OC(C)(C)C)c2c(-c3ccc4nc(C)oc4c3)c[nH]c2n1. The molecule has 1 fully saturated rings. The molecule has 3 aromatic heterocycles. The zero-order valence-corrected chi connectivity index (χ0v) is 24.0. The summed E-state index contributed by atoms with van der Waals surface area (Å²) < 4.78 is 17.7. The molecule has 0 radical (unpaired) electrons. The van der Waals surface area contributed by atoms with Crippen LogP contribution in [0.4, 0.5) is 11.6 Å². The third-order valence-corrected chi connectivity index (χ3v) is 6.82. The maximum atomic E-state index is 12.7. The first-order valence-corrected chi connectivity index (χ1v) is 13.5. The van der Waals surface area contributed by atoms with Gasteiger partial charge >= 0.3 is 0 Å². The van der Waals surface area contributed by atoms with E-state index in [9.17, 15) is 4.79 Å². The van der Waals surface area contributed by atoms with Crippen LogP contribution in [0.3, 0.4) is 0 Å². The number of oxazole rings is 1. The van der Waals surface area contributed by atoms with E-state index in [-0.39, 0.29) is 11.9 Å². The van der Waals surface area contributed by atoms with Crippen LogP contribution >= 0.6 is 0 Å². The summed E-state index contributed by atoms with van der Waals surface area (Å²) in [5.41, 5.74) is 4.53. The van der Waals surface area contributed by atoms with Crippen molar-refractivity contribution in [2.75, 3.05) is 32.6 Å². The predicted molar refractivity (Wildman–Crippen MR) is 157 cm³/mol. The molecule has 0 aliphatic carbocycles. The number of methoxy groups -OCH3 is 1. The number of rotatable bonds is 7. The fraction of sp³-hybridized carbons (Fsp3) is 0.333. The Labute approximate surface area is 237 Å². The maximum Gasteiger partial charge on any atom is 0.251 e. The third-order valence-electron chi connectivity index (χ3n) is 6.82. The van der Waals surface area contributed by atoms with Crippen LogP contribution in [0.15, 0.2) is 47.0 Å². The number of hydrogen-bond donors (Lipinski definition) is 3. The van der Waals surface area contributed by atoms with E-state index in [0.717, 1.165) is 35.1 Å². The molecule has 0 spiro atoms. The lowest BCUT2D eigenvalue weighted by Gasteiger charge is -2.36. The van der Waals surface area contributed by atoms with Crippen LogP contribution < -0.4 is 20.1 Å². The Kier molecular flexibility index (Phi) is 6.53. The van der Waals surface area contributed by atoms with Gasteiger partial charge in [0, 0.05) is 37.3 Å². The summed E-state index contributed by atoms with van der Waals surface area (Å²) in [5.74, 6) is 1.72. The first-order chi connectivity index (χ1) is 19.6. The Balaban J connectivity index is 1.34. The maximum absolute atomic E-state index is 12.7. The molecule has 4 heterocycles. The number of anilines is 2. The molecule has 1 aliphatic heterocycles. The lowest BCUT2D eigenvalue weighted by molar-refractivity contribution is 0.0857. The number of nitrogens with zero attached hydrogens (tertiary/aromatic N) is 4. The average molecular weight is 556 g/mol. The summed E-state index contributed by atoms with van der Waals surface area (Å²) in [6.45, 7) is 9.43. The Bertz CT molecular complexity index is 1760. The molecule has 5 aromatic rings. The number of aryl methyl sites for hydroxylation is 1. The number of likely N-dealkylation sites (tertiary alicyclic amines) is 1. The van der Waals surface area contributed by atoms with E-state index in [0.29, 0.717) is 45.9 Å². The van der Waals surface area contributed by atoms with E-state index in [1.54, 1.807) is 25.3 Å². The van der Waals surface area contributed by atoms with E-state index in [1.165, 1.54) is 0 Å². The second-order valence-corrected chi connectivity index (χ2v) is 11.3. The number of hydrogen-bond acceptors (Lipinski definition) is 9. The smallest absolute Gasteiger partial charge is 0.251 e. The van der Waals surface area contributed by atoms with Crippen molar-refractivity contribution in [1.82, 2.24) is 30.2 Å². The van der Waals surface area contributed by atoms with Gasteiger partial charge in [0.1, 0.15) is 22.5 Å². The average Bonchev–Trinajstić information content (AvgIpc) is 3.49. The van der Waals surface area contributed by atoms with E-state index >= 15 is 0 Å². The van der Waals surface area contributed by atoms with Crippen molar-refractivity contribution in [2.45, 2.75) is 39.3 Å². The molecular weight excluding hydrogens is 522 g/mol. The number of aromatic amines is 1. The summed E-state index contributed by atoms with van der Waals surface area (Å²) in [5, 5.41) is 7.04. The molecule has 41 heavy (non-hydrogen) atoms. The summed E-state index contributed by atoms with van der Waals surface area (Å²) in [4.78, 5) is 32.1. The number of nitrogens with one attached hydrogen (secondary N) is 3. The second-order valence-electron chi connectivity index (χ2n) is 11.3. The van der Waals surface area contributed by atoms with Gasteiger partial charge in [-0.2, -0.15) is 9.97 Å². The Morgan fingerprint density at radius 2 is 1.93 bits per heavy atom. The van der Waals surface area contributed by atoms with Crippen molar-refractivity contribution >= 4 is 39.7 Å². The van der Waals surface area contributed by atoms with Gasteiger partial charge in [0.2, 0.25) is 11.8 Å². The monoisotopic (exact) mass is 555 g/mol. The number of ether oxygens (including phenoxy) is 2. The minimum absolute atomic E-state index is 0.135. The lowest BCUT2D eigenvalue weighted by atomic mass is 10.1. The van der Waals surface area contributed by atoms with Gasteiger partial charge in [-0.25, -0.2) is 4.98 Å². The number of amides is 1. The highest BCUT2D eigenvalue weighted by Gasteiger charge is 2.26. The van der Waals surface area contributed by atoms with E-state index < -0.39 is 5.60 Å². The standard InChI is InChI=1S/C30H33N7O4/c1-16-32-22-9-7-17(11-24(22)40-16)20-13-31-26-25(20)28(41-30(2,3)4)36-29(35-26)34-21-10-8-18(12-23(21)39-6)27(38)33-19-14-37(5)15-19/h7-13,19H,14-15H2,1-6H3,(H,33,38)(H2,31,34,35,36). The molecule has 2 aromatic carbocycles. The summed E-state index contributed by atoms with van der Waals surface area (Å²) in [7, 11) is 3.58. The molecule has 11 nitrogen and oxygen atoms in total. The van der Waals surface area contributed by atoms with Crippen LogP contribution in [-0.2, 0) is 0 Å². The fourth-order valence-corrected chi connectivity index (χ4v) is 4.97. The number of benzene rings is 2. The quantitative estimate of drug-likeness (QED) is 0.253.